The van der Waals surface area contributed by atoms with Gasteiger partial charge in [0.05, 0.1) is 11.0 Å². The van der Waals surface area contributed by atoms with Crippen molar-refractivity contribution in [3.05, 3.63) is 57.9 Å². The molecule has 0 aliphatic carbocycles. The van der Waals surface area contributed by atoms with Crippen molar-refractivity contribution in [3.8, 4) is 17.2 Å². The summed E-state index contributed by atoms with van der Waals surface area (Å²) >= 11 is 0. The topological polar surface area (TPSA) is 99.9 Å². The number of nitrogens with zero attached hydrogens (tertiary/aromatic N) is 1. The maximum absolute atomic E-state index is 13.6. The lowest BCUT2D eigenvalue weighted by Crippen LogP contribution is -2.32. The van der Waals surface area contributed by atoms with Crippen molar-refractivity contribution < 1.29 is 28.3 Å². The van der Waals surface area contributed by atoms with Crippen LogP contribution in [-0.2, 0) is 4.79 Å². The fraction of sp³-hybridized carbons (Fsp3) is 0.316. The van der Waals surface area contributed by atoms with E-state index in [4.69, 9.17) is 14.2 Å². The van der Waals surface area contributed by atoms with Crippen LogP contribution < -0.4 is 19.5 Å². The molecule has 0 fully saturated rings. The lowest BCUT2D eigenvalue weighted by atomic mass is 10.0. The Hall–Kier alpha value is -3.36. The van der Waals surface area contributed by atoms with Crippen LogP contribution in [0.1, 0.15) is 24.9 Å². The van der Waals surface area contributed by atoms with E-state index in [1.54, 1.807) is 6.07 Å². The van der Waals surface area contributed by atoms with Crippen LogP contribution in [0.25, 0.3) is 0 Å². The van der Waals surface area contributed by atoms with Gasteiger partial charge in [0.25, 0.3) is 5.91 Å². The Bertz CT molecular complexity index is 889. The Balaban J connectivity index is 1.60. The molecule has 1 aliphatic heterocycles. The van der Waals surface area contributed by atoms with E-state index in [-0.39, 0.29) is 18.4 Å². The van der Waals surface area contributed by atoms with Crippen molar-refractivity contribution in [1.29, 1.82) is 0 Å². The van der Waals surface area contributed by atoms with Crippen LogP contribution in [0.5, 0.6) is 17.2 Å². The number of hydrogen-bond donors (Lipinski definition) is 1. The molecule has 0 saturated heterocycles. The fourth-order valence-corrected chi connectivity index (χ4v) is 2.81. The number of amides is 1. The molecule has 0 aromatic heterocycles. The first-order chi connectivity index (χ1) is 13.5. The summed E-state index contributed by atoms with van der Waals surface area (Å²) in [6.07, 6.45) is 0.636. The summed E-state index contributed by atoms with van der Waals surface area (Å²) in [6.45, 7) is 2.55. The maximum atomic E-state index is 13.6. The van der Waals surface area contributed by atoms with Gasteiger partial charge in [0.1, 0.15) is 19.0 Å². The SMILES string of the molecule is CCC(NC(=O)COc1ccc([N+](=O)[O-])c(F)c1)c1ccc2c(c1)OCCO2. The molecule has 1 heterocycles. The second-order valence-corrected chi connectivity index (χ2v) is 6.09. The molecule has 2 aromatic carbocycles. The van der Waals surface area contributed by atoms with Gasteiger partial charge in [0.15, 0.2) is 18.1 Å². The van der Waals surface area contributed by atoms with Crippen molar-refractivity contribution >= 4 is 11.6 Å². The number of ether oxygens (including phenoxy) is 3. The van der Waals surface area contributed by atoms with E-state index >= 15 is 0 Å². The van der Waals surface area contributed by atoms with E-state index < -0.39 is 22.3 Å². The van der Waals surface area contributed by atoms with Gasteiger partial charge in [-0.3, -0.25) is 14.9 Å². The number of nitro benzene ring substituents is 1. The van der Waals surface area contributed by atoms with Crippen LogP contribution in [0, 0.1) is 15.9 Å². The number of halogens is 1. The van der Waals surface area contributed by atoms with E-state index in [0.717, 1.165) is 17.7 Å². The monoisotopic (exact) mass is 390 g/mol. The lowest BCUT2D eigenvalue weighted by Gasteiger charge is -2.22. The molecule has 0 spiro atoms. The molecule has 148 valence electrons. The zero-order valence-electron chi connectivity index (χ0n) is 15.1. The Morgan fingerprint density at radius 3 is 2.68 bits per heavy atom. The molecule has 1 atom stereocenters. The highest BCUT2D eigenvalue weighted by Crippen LogP contribution is 2.33. The number of carbonyl (C=O) groups is 1. The minimum Gasteiger partial charge on any atom is -0.486 e. The smallest absolute Gasteiger partial charge is 0.305 e. The molecule has 0 radical (unpaired) electrons. The molecule has 0 bridgehead atoms. The van der Waals surface area contributed by atoms with Crippen molar-refractivity contribution in [1.82, 2.24) is 5.32 Å². The predicted molar refractivity (Wildman–Crippen MR) is 97.2 cm³/mol. The second kappa shape index (κ2) is 8.55. The van der Waals surface area contributed by atoms with E-state index in [9.17, 15) is 19.3 Å². The van der Waals surface area contributed by atoms with Crippen molar-refractivity contribution in [2.75, 3.05) is 19.8 Å². The van der Waals surface area contributed by atoms with Crippen LogP contribution in [0.2, 0.25) is 0 Å². The molecule has 3 rings (SSSR count). The molecule has 28 heavy (non-hydrogen) atoms. The van der Waals surface area contributed by atoms with Gasteiger partial charge >= 0.3 is 5.69 Å². The second-order valence-electron chi connectivity index (χ2n) is 6.09. The number of rotatable bonds is 7. The van der Waals surface area contributed by atoms with Crippen LogP contribution in [0.3, 0.4) is 0 Å². The minimum absolute atomic E-state index is 0.0330. The summed E-state index contributed by atoms with van der Waals surface area (Å²) in [7, 11) is 0. The first kappa shape index (κ1) is 19.4. The Morgan fingerprint density at radius 1 is 1.25 bits per heavy atom. The normalized spacial score (nSPS) is 13.5. The zero-order valence-corrected chi connectivity index (χ0v) is 15.1. The van der Waals surface area contributed by atoms with Crippen LogP contribution in [-0.4, -0.2) is 30.7 Å². The molecule has 2 aromatic rings. The van der Waals surface area contributed by atoms with Crippen LogP contribution in [0.15, 0.2) is 36.4 Å². The summed E-state index contributed by atoms with van der Waals surface area (Å²) in [5, 5.41) is 13.5. The molecule has 1 amide bonds. The molecule has 9 heteroatoms. The lowest BCUT2D eigenvalue weighted by molar-refractivity contribution is -0.387. The average Bonchev–Trinajstić information content (AvgIpc) is 2.70. The number of carbonyl (C=O) groups excluding carboxylic acids is 1. The molecule has 0 saturated carbocycles. The first-order valence-electron chi connectivity index (χ1n) is 8.73. The molecule has 8 nitrogen and oxygen atoms in total. The van der Waals surface area contributed by atoms with Crippen LogP contribution in [0.4, 0.5) is 10.1 Å². The Morgan fingerprint density at radius 2 is 2.00 bits per heavy atom. The highest BCUT2D eigenvalue weighted by Gasteiger charge is 2.19. The Kier molecular flexibility index (Phi) is 5.93. The van der Waals surface area contributed by atoms with Gasteiger partial charge in [-0.25, -0.2) is 0 Å². The number of nitro groups is 1. The standard InChI is InChI=1S/C19H19FN2O6/c1-2-15(12-3-6-17-18(9-12)27-8-7-26-17)21-19(23)11-28-13-4-5-16(22(24)25)14(20)10-13/h3-6,9-10,15H,2,7-8,11H2,1H3,(H,21,23). The molecule has 1 aliphatic rings. The Labute approximate surface area is 160 Å². The molecular formula is C19H19FN2O6. The van der Waals surface area contributed by atoms with Gasteiger partial charge < -0.3 is 19.5 Å². The van der Waals surface area contributed by atoms with E-state index in [1.807, 2.05) is 19.1 Å². The number of nitrogens with one attached hydrogen (secondary N) is 1. The third kappa shape index (κ3) is 4.48. The average molecular weight is 390 g/mol. The number of benzene rings is 2. The van der Waals surface area contributed by atoms with E-state index in [0.29, 0.717) is 31.1 Å². The highest BCUT2D eigenvalue weighted by molar-refractivity contribution is 5.78. The summed E-state index contributed by atoms with van der Waals surface area (Å²) in [6, 6.07) is 8.34. The third-order valence-corrected chi connectivity index (χ3v) is 4.20. The summed E-state index contributed by atoms with van der Waals surface area (Å²) in [5.74, 6) is -0.0921. The van der Waals surface area contributed by atoms with Gasteiger partial charge in [-0.15, -0.1) is 0 Å². The fourth-order valence-electron chi connectivity index (χ4n) is 2.81. The largest absolute Gasteiger partial charge is 0.486 e. The van der Waals surface area contributed by atoms with E-state index in [2.05, 4.69) is 5.32 Å². The van der Waals surface area contributed by atoms with Gasteiger partial charge in [-0.05, 0) is 30.2 Å². The van der Waals surface area contributed by atoms with Crippen molar-refractivity contribution in [2.24, 2.45) is 0 Å². The van der Waals surface area contributed by atoms with Crippen molar-refractivity contribution in [3.63, 3.8) is 0 Å². The quantitative estimate of drug-likeness (QED) is 0.576. The van der Waals surface area contributed by atoms with Gasteiger partial charge in [0, 0.05) is 12.1 Å². The first-order valence-corrected chi connectivity index (χ1v) is 8.73. The number of hydrogen-bond acceptors (Lipinski definition) is 6. The summed E-state index contributed by atoms with van der Waals surface area (Å²) < 4.78 is 29.9. The highest BCUT2D eigenvalue weighted by atomic mass is 19.1. The van der Waals surface area contributed by atoms with Gasteiger partial charge in [-0.1, -0.05) is 13.0 Å². The summed E-state index contributed by atoms with van der Waals surface area (Å²) in [5.41, 5.74) is 0.211. The molecule has 1 unspecified atom stereocenters. The maximum Gasteiger partial charge on any atom is 0.305 e. The molecular weight excluding hydrogens is 371 g/mol. The number of fused-ring (bicyclic) bond motifs is 1. The third-order valence-electron chi connectivity index (χ3n) is 4.20. The minimum atomic E-state index is -1.02. The van der Waals surface area contributed by atoms with Crippen LogP contribution >= 0.6 is 0 Å². The van der Waals surface area contributed by atoms with E-state index in [1.165, 1.54) is 6.07 Å². The van der Waals surface area contributed by atoms with Gasteiger partial charge in [-0.2, -0.15) is 4.39 Å². The zero-order chi connectivity index (χ0) is 20.1. The predicted octanol–water partition coefficient (Wildman–Crippen LogP) is 3.15. The van der Waals surface area contributed by atoms with Crippen molar-refractivity contribution in [2.45, 2.75) is 19.4 Å². The summed E-state index contributed by atoms with van der Waals surface area (Å²) in [4.78, 5) is 22.0. The van der Waals surface area contributed by atoms with Gasteiger partial charge in [0.2, 0.25) is 5.82 Å². The molecule has 1 N–H and O–H groups in total.